The van der Waals surface area contributed by atoms with Gasteiger partial charge >= 0.3 is 0 Å². The van der Waals surface area contributed by atoms with Crippen molar-refractivity contribution in [2.24, 2.45) is 5.92 Å². The Morgan fingerprint density at radius 2 is 2.00 bits per heavy atom. The van der Waals surface area contributed by atoms with Crippen LogP contribution in [-0.4, -0.2) is 31.0 Å². The van der Waals surface area contributed by atoms with Gasteiger partial charge in [-0.05, 0) is 18.9 Å². The average Bonchev–Trinajstić information content (AvgIpc) is 2.39. The summed E-state index contributed by atoms with van der Waals surface area (Å²) in [5, 5.41) is 0. The summed E-state index contributed by atoms with van der Waals surface area (Å²) in [6.07, 6.45) is -1.09. The Balaban J connectivity index is 0.000000561. The number of nitrogens with zero attached hydrogens (tertiary/aromatic N) is 1. The molecule has 12 heavy (non-hydrogen) atoms. The van der Waals surface area contributed by atoms with E-state index in [0.29, 0.717) is 5.92 Å². The molecule has 1 rings (SSSR count). The van der Waals surface area contributed by atoms with E-state index in [1.54, 1.807) is 0 Å². The van der Waals surface area contributed by atoms with Crippen LogP contribution in [0.3, 0.4) is 0 Å². The summed E-state index contributed by atoms with van der Waals surface area (Å²) < 4.78 is 23.5. The van der Waals surface area contributed by atoms with Gasteiger partial charge in [0.15, 0.2) is 0 Å². The molecule has 0 N–H and O–H groups in total. The molecule has 1 heterocycles. The first-order chi connectivity index (χ1) is 5.68. The second kappa shape index (κ2) is 6.35. The van der Waals surface area contributed by atoms with Crippen molar-refractivity contribution in [3.05, 3.63) is 0 Å². The highest BCUT2D eigenvalue weighted by Gasteiger charge is 2.20. The fourth-order valence-electron chi connectivity index (χ4n) is 1.39. The molecule has 0 radical (unpaired) electrons. The summed E-state index contributed by atoms with van der Waals surface area (Å²) >= 11 is 0. The summed E-state index contributed by atoms with van der Waals surface area (Å²) in [6, 6.07) is 0. The first-order valence-electron chi connectivity index (χ1n) is 4.69. The highest BCUT2D eigenvalue weighted by Crippen LogP contribution is 2.15. The third-order valence-electron chi connectivity index (χ3n) is 1.90. The number of rotatable bonds is 2. The van der Waals surface area contributed by atoms with Crippen molar-refractivity contribution in [2.75, 3.05) is 19.6 Å². The number of hydrogen-bond donors (Lipinski definition) is 0. The summed E-state index contributed by atoms with van der Waals surface area (Å²) in [7, 11) is 0. The van der Waals surface area contributed by atoms with Crippen LogP contribution in [0, 0.1) is 5.92 Å². The zero-order chi connectivity index (χ0) is 9.56. The van der Waals surface area contributed by atoms with E-state index in [-0.39, 0.29) is 6.54 Å². The molecule has 1 fully saturated rings. The van der Waals surface area contributed by atoms with Crippen molar-refractivity contribution < 1.29 is 8.78 Å². The van der Waals surface area contributed by atoms with Crippen LogP contribution < -0.4 is 0 Å². The molecule has 3 heteroatoms. The Kier molecular flexibility index (Phi) is 6.25. The van der Waals surface area contributed by atoms with Crippen LogP contribution >= 0.6 is 0 Å². The zero-order valence-corrected chi connectivity index (χ0v) is 8.19. The lowest BCUT2D eigenvalue weighted by Gasteiger charge is -2.13. The largest absolute Gasteiger partial charge is 0.297 e. The normalized spacial score (nSPS) is 24.0. The predicted molar refractivity (Wildman–Crippen MR) is 47.6 cm³/mol. The van der Waals surface area contributed by atoms with Gasteiger partial charge in [-0.3, -0.25) is 4.90 Å². The van der Waals surface area contributed by atoms with E-state index in [1.165, 1.54) is 0 Å². The minimum Gasteiger partial charge on any atom is -0.297 e. The molecule has 1 atom stereocenters. The molecule has 74 valence electrons. The quantitative estimate of drug-likeness (QED) is 0.630. The topological polar surface area (TPSA) is 3.24 Å². The molecular weight excluding hydrogens is 160 g/mol. The third-order valence-corrected chi connectivity index (χ3v) is 1.90. The first-order valence-corrected chi connectivity index (χ1v) is 4.69. The smallest absolute Gasteiger partial charge is 0.251 e. The van der Waals surface area contributed by atoms with Crippen molar-refractivity contribution in [1.29, 1.82) is 0 Å². The molecule has 0 aromatic heterocycles. The van der Waals surface area contributed by atoms with Crippen molar-refractivity contribution in [3.63, 3.8) is 0 Å². The number of likely N-dealkylation sites (tertiary alicyclic amines) is 1. The van der Waals surface area contributed by atoms with Gasteiger partial charge in [-0.25, -0.2) is 8.78 Å². The molecule has 0 spiro atoms. The van der Waals surface area contributed by atoms with Crippen molar-refractivity contribution in [2.45, 2.75) is 33.6 Å². The number of alkyl halides is 2. The van der Waals surface area contributed by atoms with Gasteiger partial charge in [0.05, 0.1) is 6.54 Å². The number of halogens is 2. The minimum atomic E-state index is -2.16. The van der Waals surface area contributed by atoms with Gasteiger partial charge < -0.3 is 0 Å². The molecule has 0 aromatic carbocycles. The van der Waals surface area contributed by atoms with E-state index in [2.05, 4.69) is 6.92 Å². The maximum absolute atomic E-state index is 11.8. The first kappa shape index (κ1) is 11.8. The van der Waals surface area contributed by atoms with Gasteiger partial charge in [0.25, 0.3) is 6.43 Å². The summed E-state index contributed by atoms with van der Waals surface area (Å²) in [4.78, 5) is 1.83. The fourth-order valence-corrected chi connectivity index (χ4v) is 1.39. The minimum absolute atomic E-state index is 0.0374. The van der Waals surface area contributed by atoms with E-state index in [9.17, 15) is 8.78 Å². The molecule has 1 saturated heterocycles. The highest BCUT2D eigenvalue weighted by atomic mass is 19.3. The Labute approximate surface area is 73.7 Å². The van der Waals surface area contributed by atoms with Gasteiger partial charge in [0, 0.05) is 6.54 Å². The molecule has 0 bridgehead atoms. The number of hydrogen-bond acceptors (Lipinski definition) is 1. The predicted octanol–water partition coefficient (Wildman–Crippen LogP) is 2.62. The maximum Gasteiger partial charge on any atom is 0.251 e. The lowest BCUT2D eigenvalue weighted by atomic mass is 10.2. The Bertz CT molecular complexity index is 107. The molecule has 1 aliphatic heterocycles. The fraction of sp³-hybridized carbons (Fsp3) is 1.00. The molecule has 0 unspecified atom stereocenters. The molecule has 0 aliphatic carbocycles. The van der Waals surface area contributed by atoms with Crippen LogP contribution in [0.25, 0.3) is 0 Å². The van der Waals surface area contributed by atoms with Crippen molar-refractivity contribution in [3.8, 4) is 0 Å². The zero-order valence-electron chi connectivity index (χ0n) is 8.19. The summed E-state index contributed by atoms with van der Waals surface area (Å²) in [6.45, 7) is 7.77. The highest BCUT2D eigenvalue weighted by molar-refractivity contribution is 4.72. The Hall–Kier alpha value is -0.180. The van der Waals surface area contributed by atoms with Crippen molar-refractivity contribution >= 4 is 0 Å². The van der Waals surface area contributed by atoms with E-state index < -0.39 is 6.43 Å². The summed E-state index contributed by atoms with van der Waals surface area (Å²) in [5.74, 6) is 0.610. The SMILES string of the molecule is CC.C[C@@H]1CCN(CC(F)F)C1. The van der Waals surface area contributed by atoms with Crippen LogP contribution in [0.1, 0.15) is 27.2 Å². The molecule has 0 saturated carbocycles. The van der Waals surface area contributed by atoms with Gasteiger partial charge in [-0.15, -0.1) is 0 Å². The van der Waals surface area contributed by atoms with E-state index in [0.717, 1.165) is 19.5 Å². The van der Waals surface area contributed by atoms with Crippen LogP contribution in [-0.2, 0) is 0 Å². The van der Waals surface area contributed by atoms with Crippen LogP contribution in [0.5, 0.6) is 0 Å². The second-order valence-electron chi connectivity index (χ2n) is 3.04. The Morgan fingerprint density at radius 1 is 1.42 bits per heavy atom. The van der Waals surface area contributed by atoms with Gasteiger partial charge in [0.2, 0.25) is 0 Å². The molecule has 1 nitrogen and oxygen atoms in total. The summed E-state index contributed by atoms with van der Waals surface area (Å²) in [5.41, 5.74) is 0. The van der Waals surface area contributed by atoms with Gasteiger partial charge in [0.1, 0.15) is 0 Å². The van der Waals surface area contributed by atoms with Crippen molar-refractivity contribution in [1.82, 2.24) is 4.90 Å². The third kappa shape index (κ3) is 4.65. The molecule has 0 aromatic rings. The van der Waals surface area contributed by atoms with Gasteiger partial charge in [-0.1, -0.05) is 20.8 Å². The molecule has 0 amide bonds. The lowest BCUT2D eigenvalue weighted by Crippen LogP contribution is -2.26. The van der Waals surface area contributed by atoms with E-state index in [4.69, 9.17) is 0 Å². The lowest BCUT2D eigenvalue weighted by molar-refractivity contribution is 0.0983. The monoisotopic (exact) mass is 179 g/mol. The maximum atomic E-state index is 11.8. The van der Waals surface area contributed by atoms with E-state index >= 15 is 0 Å². The van der Waals surface area contributed by atoms with Crippen LogP contribution in [0.4, 0.5) is 8.78 Å². The van der Waals surface area contributed by atoms with Crippen LogP contribution in [0.2, 0.25) is 0 Å². The molecule has 1 aliphatic rings. The average molecular weight is 179 g/mol. The van der Waals surface area contributed by atoms with Gasteiger partial charge in [-0.2, -0.15) is 0 Å². The van der Waals surface area contributed by atoms with Crippen LogP contribution in [0.15, 0.2) is 0 Å². The molecular formula is C9H19F2N. The standard InChI is InChI=1S/C7H13F2N.C2H6/c1-6-2-3-10(4-6)5-7(8)9;1-2/h6-7H,2-5H2,1H3;1-2H3/t6-;/m1./s1. The van der Waals surface area contributed by atoms with E-state index in [1.807, 2.05) is 18.7 Å². The Morgan fingerprint density at radius 3 is 2.33 bits per heavy atom. The second-order valence-corrected chi connectivity index (χ2v) is 3.04.